The lowest BCUT2D eigenvalue weighted by molar-refractivity contribution is -0.146. The third kappa shape index (κ3) is 6.32. The van der Waals surface area contributed by atoms with Crippen LogP contribution in [0.1, 0.15) is 52.2 Å². The zero-order valence-electron chi connectivity index (χ0n) is 22.1. The third-order valence-corrected chi connectivity index (χ3v) is 7.03. The minimum Gasteiger partial charge on any atom is -0.489 e. The Morgan fingerprint density at radius 2 is 1.95 bits per heavy atom. The first-order valence-electron chi connectivity index (χ1n) is 12.6. The van der Waals surface area contributed by atoms with Gasteiger partial charge in [0.25, 0.3) is 5.89 Å². The number of hydrogen-bond acceptors (Lipinski definition) is 8. The molecule has 0 radical (unpaired) electrons. The summed E-state index contributed by atoms with van der Waals surface area (Å²) in [7, 11) is 0. The molecule has 3 aromatic rings. The number of aromatic nitrogens is 2. The van der Waals surface area contributed by atoms with Gasteiger partial charge < -0.3 is 14.1 Å². The van der Waals surface area contributed by atoms with E-state index in [1.165, 1.54) is 11.1 Å². The number of halogens is 1. The maximum Gasteiger partial charge on any atom is 0.326 e. The predicted octanol–water partition coefficient (Wildman–Crippen LogP) is 5.47. The molecule has 8 nitrogen and oxygen atoms in total. The molecule has 198 valence electrons. The van der Waals surface area contributed by atoms with Gasteiger partial charge in [0.05, 0.1) is 17.5 Å². The molecule has 2 aromatic carbocycles. The van der Waals surface area contributed by atoms with Gasteiger partial charge in [0.2, 0.25) is 5.82 Å². The third-order valence-electron chi connectivity index (χ3n) is 6.73. The van der Waals surface area contributed by atoms with Gasteiger partial charge in [-0.1, -0.05) is 55.7 Å². The zero-order valence-corrected chi connectivity index (χ0v) is 22.8. The van der Waals surface area contributed by atoms with E-state index in [9.17, 15) is 4.79 Å². The number of rotatable bonds is 7. The van der Waals surface area contributed by atoms with E-state index < -0.39 is 5.97 Å². The predicted molar refractivity (Wildman–Crippen MR) is 143 cm³/mol. The Morgan fingerprint density at radius 1 is 1.19 bits per heavy atom. The summed E-state index contributed by atoms with van der Waals surface area (Å²) in [4.78, 5) is 23.6. The largest absolute Gasteiger partial charge is 0.489 e. The highest BCUT2D eigenvalue weighted by Crippen LogP contribution is 2.34. The Bertz CT molecular complexity index is 1250. The Morgan fingerprint density at radius 3 is 2.62 bits per heavy atom. The van der Waals surface area contributed by atoms with Gasteiger partial charge in [0.15, 0.2) is 0 Å². The van der Waals surface area contributed by atoms with Crippen molar-refractivity contribution in [3.05, 3.63) is 52.5 Å². The lowest BCUT2D eigenvalue weighted by atomic mass is 9.83. The maximum atomic E-state index is 12.0. The first kappa shape index (κ1) is 27.1. The van der Waals surface area contributed by atoms with Crippen LogP contribution in [0.2, 0.25) is 5.02 Å². The van der Waals surface area contributed by atoms with E-state index in [1.807, 2.05) is 38.1 Å². The molecule has 2 N–H and O–H groups in total. The van der Waals surface area contributed by atoms with Crippen LogP contribution in [0, 0.1) is 5.41 Å². The van der Waals surface area contributed by atoms with Gasteiger partial charge in [-0.15, -0.1) is 0 Å². The molecule has 0 amide bonds. The van der Waals surface area contributed by atoms with Crippen molar-refractivity contribution in [1.82, 2.24) is 15.0 Å². The minimum atomic E-state index is -0.398. The lowest BCUT2D eigenvalue weighted by Crippen LogP contribution is -2.47. The molecule has 1 aliphatic heterocycles. The maximum absolute atomic E-state index is 12.0. The quantitative estimate of drug-likeness (QED) is 0.404. The average molecular weight is 527 g/mol. The smallest absolute Gasteiger partial charge is 0.326 e. The molecule has 0 aliphatic carbocycles. The van der Waals surface area contributed by atoms with E-state index in [-0.39, 0.29) is 24.0 Å². The molecule has 1 atom stereocenters. The van der Waals surface area contributed by atoms with Gasteiger partial charge >= 0.3 is 5.97 Å². The van der Waals surface area contributed by atoms with Gasteiger partial charge in [-0.25, -0.2) is 0 Å². The lowest BCUT2D eigenvalue weighted by Gasteiger charge is -2.39. The molecule has 4 rings (SSSR count). The topological polar surface area (TPSA) is 104 Å². The highest BCUT2D eigenvalue weighted by atomic mass is 35.5. The van der Waals surface area contributed by atoms with Gasteiger partial charge in [-0.2, -0.15) is 10.9 Å². The van der Waals surface area contributed by atoms with E-state index >= 15 is 0 Å². The van der Waals surface area contributed by atoms with Gasteiger partial charge in [-0.3, -0.25) is 9.69 Å². The Labute approximate surface area is 223 Å². The van der Waals surface area contributed by atoms with Crippen LogP contribution in [0.25, 0.3) is 22.8 Å². The van der Waals surface area contributed by atoms with E-state index in [2.05, 4.69) is 41.7 Å². The van der Waals surface area contributed by atoms with Crippen LogP contribution in [0.5, 0.6) is 5.75 Å². The first-order chi connectivity index (χ1) is 17.6. The van der Waals surface area contributed by atoms with Crippen LogP contribution >= 0.6 is 11.6 Å². The summed E-state index contributed by atoms with van der Waals surface area (Å²) in [6.45, 7) is 11.9. The minimum absolute atomic E-state index is 0.00508. The fourth-order valence-electron chi connectivity index (χ4n) is 4.94. The second-order valence-electron chi connectivity index (χ2n) is 10.8. The summed E-state index contributed by atoms with van der Waals surface area (Å²) in [5.74, 6) is 6.31. The zero-order chi connectivity index (χ0) is 26.7. The van der Waals surface area contributed by atoms with E-state index in [0.717, 1.165) is 37.1 Å². The molecule has 1 aliphatic rings. The first-order valence-corrected chi connectivity index (χ1v) is 13.0. The van der Waals surface area contributed by atoms with Crippen molar-refractivity contribution in [3.8, 4) is 28.6 Å². The van der Waals surface area contributed by atoms with Crippen LogP contribution in [0.3, 0.4) is 0 Å². The second-order valence-corrected chi connectivity index (χ2v) is 11.2. The number of nitrogens with two attached hydrogens (primary N) is 1. The molecular weight excluding hydrogens is 492 g/mol. The van der Waals surface area contributed by atoms with Crippen molar-refractivity contribution in [2.45, 2.75) is 66.0 Å². The standard InChI is InChI=1S/C28H35ClN4O4/c1-17(2)35-23-10-9-19(15-22(23)29)27-31-26(32-37-27)21-8-6-7-18-11-13-33(14-12-20(18)21)24(28(3,4)5)16-25(34)36-30/h6-10,15,17,24H,11-14,16,30H2,1-5H3. The number of nitrogens with zero attached hydrogens (tertiary/aromatic N) is 3. The number of hydrogen-bond donors (Lipinski definition) is 1. The second kappa shape index (κ2) is 11.2. The molecule has 1 aromatic heterocycles. The summed E-state index contributed by atoms with van der Waals surface area (Å²) in [6.07, 6.45) is 1.93. The monoisotopic (exact) mass is 526 g/mol. The number of benzene rings is 2. The van der Waals surface area contributed by atoms with Gasteiger partial charge in [-0.05, 0) is 61.4 Å². The molecular formula is C28H35ClN4O4. The number of carbonyl (C=O) groups is 1. The van der Waals surface area contributed by atoms with Crippen LogP contribution in [-0.2, 0) is 22.5 Å². The Balaban J connectivity index is 1.58. The fraction of sp³-hybridized carbons (Fsp3) is 0.464. The Hall–Kier alpha value is -2.94. The van der Waals surface area contributed by atoms with Crippen LogP contribution in [0.4, 0.5) is 0 Å². The normalized spacial score (nSPS) is 15.2. The van der Waals surface area contributed by atoms with Crippen molar-refractivity contribution in [2.24, 2.45) is 11.3 Å². The van der Waals surface area contributed by atoms with Gasteiger partial charge in [0, 0.05) is 30.3 Å². The van der Waals surface area contributed by atoms with Crippen molar-refractivity contribution >= 4 is 17.6 Å². The molecule has 0 saturated heterocycles. The highest BCUT2D eigenvalue weighted by molar-refractivity contribution is 6.32. The molecule has 9 heteroatoms. The number of carbonyl (C=O) groups excluding carboxylic acids is 1. The van der Waals surface area contributed by atoms with Crippen LogP contribution < -0.4 is 10.6 Å². The molecule has 0 bridgehead atoms. The fourth-order valence-corrected chi connectivity index (χ4v) is 5.16. The van der Waals surface area contributed by atoms with Crippen molar-refractivity contribution in [1.29, 1.82) is 0 Å². The highest BCUT2D eigenvalue weighted by Gasteiger charge is 2.34. The summed E-state index contributed by atoms with van der Waals surface area (Å²) < 4.78 is 11.4. The van der Waals surface area contributed by atoms with Crippen LogP contribution in [0.15, 0.2) is 40.9 Å². The van der Waals surface area contributed by atoms with Crippen LogP contribution in [-0.4, -0.2) is 46.2 Å². The number of ether oxygens (including phenoxy) is 1. The molecule has 0 spiro atoms. The van der Waals surface area contributed by atoms with Crippen molar-refractivity contribution < 1.29 is 18.9 Å². The molecule has 37 heavy (non-hydrogen) atoms. The molecule has 0 fully saturated rings. The van der Waals surface area contributed by atoms with E-state index in [1.54, 1.807) is 6.07 Å². The van der Waals surface area contributed by atoms with Gasteiger partial charge in [0.1, 0.15) is 5.75 Å². The summed E-state index contributed by atoms with van der Waals surface area (Å²) in [5.41, 5.74) is 4.01. The Kier molecular flexibility index (Phi) is 8.21. The summed E-state index contributed by atoms with van der Waals surface area (Å²) in [5, 5.41) is 4.79. The van der Waals surface area contributed by atoms with E-state index in [0.29, 0.717) is 22.5 Å². The van der Waals surface area contributed by atoms with E-state index in [4.69, 9.17) is 31.7 Å². The SMILES string of the molecule is CC(C)Oc1ccc(-c2nc(-c3cccc4c3CCN(C(CC(=O)ON)C(C)(C)C)CC4)no2)cc1Cl. The molecule has 2 heterocycles. The molecule has 1 unspecified atom stereocenters. The summed E-state index contributed by atoms with van der Waals surface area (Å²) in [6, 6.07) is 11.7. The summed E-state index contributed by atoms with van der Waals surface area (Å²) >= 11 is 6.42. The van der Waals surface area contributed by atoms with Crippen molar-refractivity contribution in [2.75, 3.05) is 13.1 Å². The van der Waals surface area contributed by atoms with Crippen molar-refractivity contribution in [3.63, 3.8) is 0 Å². The molecule has 0 saturated carbocycles. The number of fused-ring (bicyclic) bond motifs is 1. The average Bonchev–Trinajstić information content (AvgIpc) is 3.23.